The van der Waals surface area contributed by atoms with Crippen molar-refractivity contribution in [2.45, 2.75) is 25.2 Å². The summed E-state index contributed by atoms with van der Waals surface area (Å²) in [6, 6.07) is 11.9. The van der Waals surface area contributed by atoms with Crippen LogP contribution in [0.2, 0.25) is 0 Å². The molecule has 1 N–H and O–H groups in total. The fourth-order valence-electron chi connectivity index (χ4n) is 3.44. The predicted molar refractivity (Wildman–Crippen MR) is 99.0 cm³/mol. The van der Waals surface area contributed by atoms with Crippen molar-refractivity contribution in [1.82, 2.24) is 9.88 Å². The molecule has 1 saturated heterocycles. The summed E-state index contributed by atoms with van der Waals surface area (Å²) in [7, 11) is 3.51. The van der Waals surface area contributed by atoms with Crippen molar-refractivity contribution >= 4 is 11.7 Å². The van der Waals surface area contributed by atoms with Gasteiger partial charge in [0, 0.05) is 37.8 Å². The molecule has 3 rings (SSSR count). The summed E-state index contributed by atoms with van der Waals surface area (Å²) in [6.07, 6.45) is 4.34. The lowest BCUT2D eigenvalue weighted by Gasteiger charge is -2.33. The van der Waals surface area contributed by atoms with Crippen molar-refractivity contribution < 1.29 is 9.53 Å². The molecule has 1 aliphatic heterocycles. The lowest BCUT2D eigenvalue weighted by Crippen LogP contribution is -2.40. The van der Waals surface area contributed by atoms with E-state index in [2.05, 4.69) is 22.4 Å². The highest BCUT2D eigenvalue weighted by molar-refractivity contribution is 5.79. The number of rotatable bonds is 5. The van der Waals surface area contributed by atoms with Crippen LogP contribution in [0.5, 0.6) is 5.75 Å². The fraction of sp³-hybridized carbons (Fsp3) is 0.400. The van der Waals surface area contributed by atoms with E-state index >= 15 is 0 Å². The molecule has 1 atom stereocenters. The van der Waals surface area contributed by atoms with Crippen molar-refractivity contribution in [1.29, 1.82) is 0 Å². The van der Waals surface area contributed by atoms with Crippen molar-refractivity contribution in [3.8, 4) is 5.75 Å². The zero-order chi connectivity index (χ0) is 17.6. The van der Waals surface area contributed by atoms with Crippen molar-refractivity contribution in [2.24, 2.45) is 0 Å². The highest BCUT2D eigenvalue weighted by atomic mass is 16.5. The summed E-state index contributed by atoms with van der Waals surface area (Å²) < 4.78 is 5.36. The molecule has 5 nitrogen and oxygen atoms in total. The van der Waals surface area contributed by atoms with Crippen LogP contribution >= 0.6 is 0 Å². The molecule has 0 unspecified atom stereocenters. The SMILES string of the molecule is CNc1cc([C@@H]2CCCN(C(=O)Cc3ccccc3OC)C2)ccn1. The lowest BCUT2D eigenvalue weighted by atomic mass is 9.91. The molecule has 132 valence electrons. The summed E-state index contributed by atoms with van der Waals surface area (Å²) in [4.78, 5) is 19.0. The van der Waals surface area contributed by atoms with Gasteiger partial charge in [-0.05, 0) is 36.6 Å². The maximum Gasteiger partial charge on any atom is 0.227 e. The van der Waals surface area contributed by atoms with E-state index < -0.39 is 0 Å². The molecule has 1 amide bonds. The van der Waals surface area contributed by atoms with Gasteiger partial charge in [0.05, 0.1) is 13.5 Å². The van der Waals surface area contributed by atoms with Gasteiger partial charge >= 0.3 is 0 Å². The van der Waals surface area contributed by atoms with E-state index in [1.54, 1.807) is 7.11 Å². The Kier molecular flexibility index (Phi) is 5.53. The van der Waals surface area contributed by atoms with Crippen LogP contribution in [-0.4, -0.2) is 43.0 Å². The predicted octanol–water partition coefficient (Wildman–Crippen LogP) is 3.08. The number of benzene rings is 1. The minimum Gasteiger partial charge on any atom is -0.496 e. The Labute approximate surface area is 149 Å². The Bertz CT molecular complexity index is 732. The number of likely N-dealkylation sites (tertiary alicyclic amines) is 1. The number of ether oxygens (including phenoxy) is 1. The third-order valence-electron chi connectivity index (χ3n) is 4.82. The summed E-state index contributed by atoms with van der Waals surface area (Å²) in [5.74, 6) is 2.18. The maximum absolute atomic E-state index is 12.8. The molecule has 1 aliphatic rings. The average Bonchev–Trinajstić information content (AvgIpc) is 2.68. The number of para-hydroxylation sites is 1. The smallest absolute Gasteiger partial charge is 0.227 e. The molecular formula is C20H25N3O2. The van der Waals surface area contributed by atoms with Crippen LogP contribution in [0.25, 0.3) is 0 Å². The number of hydrogen-bond donors (Lipinski definition) is 1. The summed E-state index contributed by atoms with van der Waals surface area (Å²) in [5, 5.41) is 3.08. The third kappa shape index (κ3) is 4.10. The molecule has 1 aromatic heterocycles. The van der Waals surface area contributed by atoms with Crippen LogP contribution in [0.3, 0.4) is 0 Å². The number of amides is 1. The Balaban J connectivity index is 1.69. The zero-order valence-corrected chi connectivity index (χ0v) is 14.9. The quantitative estimate of drug-likeness (QED) is 0.909. The molecule has 2 heterocycles. The number of nitrogens with zero attached hydrogens (tertiary/aromatic N) is 2. The molecule has 0 aliphatic carbocycles. The molecule has 5 heteroatoms. The van der Waals surface area contributed by atoms with Gasteiger partial charge in [-0.25, -0.2) is 4.98 Å². The minimum absolute atomic E-state index is 0.164. The Morgan fingerprint density at radius 1 is 1.36 bits per heavy atom. The van der Waals surface area contributed by atoms with E-state index in [0.29, 0.717) is 12.3 Å². The number of carbonyl (C=O) groups excluding carboxylic acids is 1. The standard InChI is InChI=1S/C20H25N3O2/c1-21-19-12-15(9-10-22-19)17-7-5-11-23(14-17)20(24)13-16-6-3-4-8-18(16)25-2/h3-4,6,8-10,12,17H,5,7,11,13-14H2,1-2H3,(H,21,22)/t17-/m1/s1. The maximum atomic E-state index is 12.8. The van der Waals surface area contributed by atoms with E-state index in [1.165, 1.54) is 5.56 Å². The van der Waals surface area contributed by atoms with Crippen molar-refractivity contribution in [3.63, 3.8) is 0 Å². The van der Waals surface area contributed by atoms with E-state index in [-0.39, 0.29) is 5.91 Å². The van der Waals surface area contributed by atoms with Gasteiger partial charge in [-0.1, -0.05) is 18.2 Å². The largest absolute Gasteiger partial charge is 0.496 e. The number of nitrogens with one attached hydrogen (secondary N) is 1. The van der Waals surface area contributed by atoms with E-state index in [9.17, 15) is 4.79 Å². The summed E-state index contributed by atoms with van der Waals surface area (Å²) in [6.45, 7) is 1.59. The topological polar surface area (TPSA) is 54.5 Å². The second-order valence-corrected chi connectivity index (χ2v) is 6.39. The Hall–Kier alpha value is -2.56. The van der Waals surface area contributed by atoms with Crippen LogP contribution < -0.4 is 10.1 Å². The fourth-order valence-corrected chi connectivity index (χ4v) is 3.44. The van der Waals surface area contributed by atoms with E-state index in [0.717, 1.165) is 43.1 Å². The number of hydrogen-bond acceptors (Lipinski definition) is 4. The van der Waals surface area contributed by atoms with Crippen molar-refractivity contribution in [3.05, 3.63) is 53.7 Å². The number of aromatic nitrogens is 1. The first-order valence-electron chi connectivity index (χ1n) is 8.74. The molecule has 0 radical (unpaired) electrons. The average molecular weight is 339 g/mol. The normalized spacial score (nSPS) is 17.2. The highest BCUT2D eigenvalue weighted by Crippen LogP contribution is 2.28. The van der Waals surface area contributed by atoms with Gasteiger partial charge in [-0.15, -0.1) is 0 Å². The van der Waals surface area contributed by atoms with Crippen LogP contribution in [0.15, 0.2) is 42.6 Å². The van der Waals surface area contributed by atoms with Gasteiger partial charge in [0.2, 0.25) is 5.91 Å². The van der Waals surface area contributed by atoms with E-state index in [1.807, 2.05) is 42.4 Å². The lowest BCUT2D eigenvalue weighted by molar-refractivity contribution is -0.131. The van der Waals surface area contributed by atoms with Crippen LogP contribution in [0, 0.1) is 0 Å². The van der Waals surface area contributed by atoms with Gasteiger partial charge in [0.15, 0.2) is 0 Å². The van der Waals surface area contributed by atoms with Gasteiger partial charge in [-0.3, -0.25) is 4.79 Å². The molecular weight excluding hydrogens is 314 g/mol. The third-order valence-corrected chi connectivity index (χ3v) is 4.82. The van der Waals surface area contributed by atoms with Gasteiger partial charge in [-0.2, -0.15) is 0 Å². The van der Waals surface area contributed by atoms with E-state index in [4.69, 9.17) is 4.74 Å². The first-order chi connectivity index (χ1) is 12.2. The number of piperidine rings is 1. The molecule has 25 heavy (non-hydrogen) atoms. The van der Waals surface area contributed by atoms with Gasteiger partial charge in [0.1, 0.15) is 11.6 Å². The second kappa shape index (κ2) is 8.01. The monoisotopic (exact) mass is 339 g/mol. The highest BCUT2D eigenvalue weighted by Gasteiger charge is 2.25. The van der Waals surface area contributed by atoms with Crippen LogP contribution in [0.4, 0.5) is 5.82 Å². The molecule has 0 bridgehead atoms. The Morgan fingerprint density at radius 2 is 2.20 bits per heavy atom. The van der Waals surface area contributed by atoms with Gasteiger partial charge < -0.3 is 15.0 Å². The van der Waals surface area contributed by atoms with Crippen LogP contribution in [-0.2, 0) is 11.2 Å². The zero-order valence-electron chi connectivity index (χ0n) is 14.9. The summed E-state index contributed by atoms with van der Waals surface area (Å²) >= 11 is 0. The minimum atomic E-state index is 0.164. The van der Waals surface area contributed by atoms with Gasteiger partial charge in [0.25, 0.3) is 0 Å². The van der Waals surface area contributed by atoms with Crippen LogP contribution in [0.1, 0.15) is 29.9 Å². The number of methoxy groups -OCH3 is 1. The first kappa shape index (κ1) is 17.3. The number of pyridine rings is 1. The second-order valence-electron chi connectivity index (χ2n) is 6.39. The first-order valence-corrected chi connectivity index (χ1v) is 8.74. The number of anilines is 1. The molecule has 1 fully saturated rings. The number of carbonyl (C=O) groups is 1. The molecule has 0 saturated carbocycles. The Morgan fingerprint density at radius 3 is 3.00 bits per heavy atom. The molecule has 0 spiro atoms. The molecule has 1 aromatic carbocycles. The van der Waals surface area contributed by atoms with Crippen molar-refractivity contribution in [2.75, 3.05) is 32.6 Å². The molecule has 2 aromatic rings. The summed E-state index contributed by atoms with van der Waals surface area (Å²) in [5.41, 5.74) is 2.19.